The molecule has 4 rings (SSSR count). The molecule has 8 nitrogen and oxygen atoms in total. The summed E-state index contributed by atoms with van der Waals surface area (Å²) in [6.07, 6.45) is -0.0151. The van der Waals surface area contributed by atoms with Crippen molar-refractivity contribution in [3.8, 4) is 5.75 Å². The van der Waals surface area contributed by atoms with Crippen LogP contribution in [0.4, 0.5) is 5.69 Å². The maximum atomic E-state index is 12.9. The van der Waals surface area contributed by atoms with Crippen LogP contribution >= 0.6 is 11.6 Å². The van der Waals surface area contributed by atoms with Gasteiger partial charge in [0.05, 0.1) is 6.54 Å². The molecule has 0 amide bonds. The second-order valence-corrected chi connectivity index (χ2v) is 8.95. The number of benzene rings is 2. The van der Waals surface area contributed by atoms with Gasteiger partial charge in [-0.25, -0.2) is 9.48 Å². The highest BCUT2D eigenvalue weighted by molar-refractivity contribution is 6.30. The zero-order valence-electron chi connectivity index (χ0n) is 19.5. The third-order valence-corrected chi connectivity index (χ3v) is 6.28. The molecule has 2 aromatic carbocycles. The van der Waals surface area contributed by atoms with E-state index in [1.807, 2.05) is 48.5 Å². The first-order valence-electron chi connectivity index (χ1n) is 11.8. The molecule has 0 spiro atoms. The van der Waals surface area contributed by atoms with Gasteiger partial charge in [-0.3, -0.25) is 9.47 Å². The summed E-state index contributed by atoms with van der Waals surface area (Å²) in [6.45, 7) is 7.51. The monoisotopic (exact) mass is 485 g/mol. The van der Waals surface area contributed by atoms with E-state index in [9.17, 15) is 9.90 Å². The number of para-hydroxylation sites is 1. The Kier molecular flexibility index (Phi) is 8.26. The SMILES string of the molecule is C[C@H](O)c1nn(CCCN2CCN(c3cccc(Cl)c3)CC2)c(=O)n1CCOc1ccccc1. The van der Waals surface area contributed by atoms with E-state index < -0.39 is 6.10 Å². The highest BCUT2D eigenvalue weighted by atomic mass is 35.5. The number of aromatic nitrogens is 3. The number of piperazine rings is 1. The Hall–Kier alpha value is -2.81. The summed E-state index contributed by atoms with van der Waals surface area (Å²) in [4.78, 5) is 17.7. The van der Waals surface area contributed by atoms with Crippen molar-refractivity contribution in [2.75, 3.05) is 44.2 Å². The number of halogens is 1. The van der Waals surface area contributed by atoms with Crippen LogP contribution in [0.1, 0.15) is 25.3 Å². The summed E-state index contributed by atoms with van der Waals surface area (Å²) in [5.41, 5.74) is 0.949. The normalized spacial score (nSPS) is 15.4. The molecule has 0 unspecified atom stereocenters. The first-order valence-corrected chi connectivity index (χ1v) is 12.2. The number of hydrogen-bond donors (Lipinski definition) is 1. The summed E-state index contributed by atoms with van der Waals surface area (Å²) in [6, 6.07) is 17.4. The first kappa shape index (κ1) is 24.3. The summed E-state index contributed by atoms with van der Waals surface area (Å²) in [7, 11) is 0. The molecule has 3 aromatic rings. The van der Waals surface area contributed by atoms with Gasteiger partial charge < -0.3 is 14.7 Å². The van der Waals surface area contributed by atoms with Gasteiger partial charge in [0.1, 0.15) is 18.5 Å². The molecule has 0 bridgehead atoms. The molecule has 0 radical (unpaired) electrons. The van der Waals surface area contributed by atoms with Crippen LogP contribution in [0.2, 0.25) is 5.02 Å². The molecule has 0 aliphatic carbocycles. The van der Waals surface area contributed by atoms with Gasteiger partial charge in [-0.1, -0.05) is 35.9 Å². The third-order valence-electron chi connectivity index (χ3n) is 6.04. The van der Waals surface area contributed by atoms with Crippen LogP contribution < -0.4 is 15.3 Å². The number of hydrogen-bond acceptors (Lipinski definition) is 6. The zero-order chi connectivity index (χ0) is 23.9. The Balaban J connectivity index is 1.27. The van der Waals surface area contributed by atoms with Crippen LogP contribution in [0.25, 0.3) is 0 Å². The quantitative estimate of drug-likeness (QED) is 0.475. The van der Waals surface area contributed by atoms with Gasteiger partial charge in [0.25, 0.3) is 0 Å². The second kappa shape index (κ2) is 11.6. The third kappa shape index (κ3) is 6.20. The van der Waals surface area contributed by atoms with Crippen molar-refractivity contribution >= 4 is 17.3 Å². The molecule has 0 saturated carbocycles. The Morgan fingerprint density at radius 3 is 2.50 bits per heavy atom. The smallest absolute Gasteiger partial charge is 0.346 e. The number of nitrogens with zero attached hydrogens (tertiary/aromatic N) is 5. The molecule has 1 aliphatic heterocycles. The van der Waals surface area contributed by atoms with Crippen molar-refractivity contribution in [2.45, 2.75) is 32.5 Å². The summed E-state index contributed by atoms with van der Waals surface area (Å²) in [5.74, 6) is 1.12. The molecule has 34 heavy (non-hydrogen) atoms. The molecule has 1 fully saturated rings. The highest BCUT2D eigenvalue weighted by Gasteiger charge is 2.19. The largest absolute Gasteiger partial charge is 0.492 e. The molecule has 1 N–H and O–H groups in total. The van der Waals surface area contributed by atoms with E-state index in [-0.39, 0.29) is 5.69 Å². The lowest BCUT2D eigenvalue weighted by Gasteiger charge is -2.36. The van der Waals surface area contributed by atoms with Crippen molar-refractivity contribution in [2.24, 2.45) is 0 Å². The number of aryl methyl sites for hydroxylation is 1. The molecule has 1 saturated heterocycles. The molecule has 9 heteroatoms. The predicted molar refractivity (Wildman–Crippen MR) is 134 cm³/mol. The van der Waals surface area contributed by atoms with E-state index in [0.717, 1.165) is 55.6 Å². The number of aliphatic hydroxyl groups is 1. The average Bonchev–Trinajstić information content (AvgIpc) is 3.16. The minimum atomic E-state index is -0.828. The van der Waals surface area contributed by atoms with Gasteiger partial charge in [0.2, 0.25) is 0 Å². The second-order valence-electron chi connectivity index (χ2n) is 8.52. The summed E-state index contributed by atoms with van der Waals surface area (Å²) < 4.78 is 8.70. The van der Waals surface area contributed by atoms with E-state index in [1.54, 1.807) is 6.92 Å². The van der Waals surface area contributed by atoms with Crippen molar-refractivity contribution in [1.82, 2.24) is 19.2 Å². The Morgan fingerprint density at radius 1 is 1.03 bits per heavy atom. The van der Waals surface area contributed by atoms with Gasteiger partial charge in [-0.15, -0.1) is 0 Å². The molecular formula is C25H32ClN5O3. The number of anilines is 1. The van der Waals surface area contributed by atoms with Gasteiger partial charge in [-0.2, -0.15) is 5.10 Å². The standard InChI is InChI=1S/C25H32ClN5O3/c1-20(32)24-27-31(25(33)30(24)17-18-34-23-9-3-2-4-10-23)12-6-11-28-13-15-29(16-14-28)22-8-5-7-21(26)19-22/h2-5,7-10,19-20,32H,6,11-18H2,1H3/t20-/m0/s1. The minimum absolute atomic E-state index is 0.210. The van der Waals surface area contributed by atoms with Gasteiger partial charge in [-0.05, 0) is 43.7 Å². The minimum Gasteiger partial charge on any atom is -0.492 e. The fraction of sp³-hybridized carbons (Fsp3) is 0.440. The topological polar surface area (TPSA) is 75.8 Å². The van der Waals surface area contributed by atoms with Crippen LogP contribution in [0, 0.1) is 0 Å². The van der Waals surface area contributed by atoms with Gasteiger partial charge in [0.15, 0.2) is 5.82 Å². The Labute approximate surface area is 204 Å². The maximum Gasteiger partial charge on any atom is 0.346 e. The molecule has 182 valence electrons. The van der Waals surface area contributed by atoms with E-state index in [1.165, 1.54) is 9.25 Å². The van der Waals surface area contributed by atoms with Crippen molar-refractivity contribution in [3.05, 3.63) is 75.9 Å². The summed E-state index contributed by atoms with van der Waals surface area (Å²) >= 11 is 6.13. The fourth-order valence-corrected chi connectivity index (χ4v) is 4.43. The number of ether oxygens (including phenoxy) is 1. The maximum absolute atomic E-state index is 12.9. The van der Waals surface area contributed by atoms with Gasteiger partial charge in [0, 0.05) is 50.0 Å². The summed E-state index contributed by atoms with van der Waals surface area (Å²) in [5, 5.41) is 15.3. The Bertz CT molecular complexity index is 1110. The van der Waals surface area contributed by atoms with E-state index in [2.05, 4.69) is 21.0 Å². The van der Waals surface area contributed by atoms with Crippen molar-refractivity contribution in [1.29, 1.82) is 0 Å². The Morgan fingerprint density at radius 2 is 1.79 bits per heavy atom. The molecule has 1 aliphatic rings. The van der Waals surface area contributed by atoms with Crippen LogP contribution in [-0.2, 0) is 13.1 Å². The van der Waals surface area contributed by atoms with Crippen molar-refractivity contribution < 1.29 is 9.84 Å². The van der Waals surface area contributed by atoms with Gasteiger partial charge >= 0.3 is 5.69 Å². The lowest BCUT2D eigenvalue weighted by atomic mass is 10.2. The lowest BCUT2D eigenvalue weighted by Crippen LogP contribution is -2.46. The highest BCUT2D eigenvalue weighted by Crippen LogP contribution is 2.20. The molecular weight excluding hydrogens is 454 g/mol. The van der Waals surface area contributed by atoms with Crippen LogP contribution in [0.5, 0.6) is 5.75 Å². The average molecular weight is 486 g/mol. The van der Waals surface area contributed by atoms with E-state index in [4.69, 9.17) is 16.3 Å². The van der Waals surface area contributed by atoms with Crippen molar-refractivity contribution in [3.63, 3.8) is 0 Å². The molecule has 1 atom stereocenters. The number of aliphatic hydroxyl groups excluding tert-OH is 1. The first-order chi connectivity index (χ1) is 16.5. The molecule has 2 heterocycles. The van der Waals surface area contributed by atoms with Crippen LogP contribution in [0.15, 0.2) is 59.4 Å². The zero-order valence-corrected chi connectivity index (χ0v) is 20.3. The molecule has 1 aromatic heterocycles. The van der Waals surface area contributed by atoms with Crippen LogP contribution in [0.3, 0.4) is 0 Å². The lowest BCUT2D eigenvalue weighted by molar-refractivity contribution is 0.179. The fourth-order valence-electron chi connectivity index (χ4n) is 4.24. The van der Waals surface area contributed by atoms with Crippen LogP contribution in [-0.4, -0.2) is 63.7 Å². The predicted octanol–water partition coefficient (Wildman–Crippen LogP) is 3.04. The number of rotatable bonds is 10. The van der Waals surface area contributed by atoms with E-state index in [0.29, 0.717) is 25.5 Å². The van der Waals surface area contributed by atoms with E-state index >= 15 is 0 Å².